The fraction of sp³-hybridized carbons (Fsp3) is 0.571. The summed E-state index contributed by atoms with van der Waals surface area (Å²) in [5.41, 5.74) is 2.53. The van der Waals surface area contributed by atoms with Crippen LogP contribution in [-0.2, 0) is 19.5 Å². The third-order valence-electron chi connectivity index (χ3n) is 3.42. The van der Waals surface area contributed by atoms with E-state index in [0.717, 1.165) is 11.1 Å². The highest BCUT2D eigenvalue weighted by Gasteiger charge is 2.37. The van der Waals surface area contributed by atoms with Gasteiger partial charge in [0.15, 0.2) is 5.79 Å². The van der Waals surface area contributed by atoms with Crippen LogP contribution in [0.4, 0.5) is 5.69 Å². The van der Waals surface area contributed by atoms with Gasteiger partial charge in [-0.3, -0.25) is 4.31 Å². The minimum Gasteiger partial charge on any atom is -0.346 e. The number of benzene rings is 1. The molecule has 1 aliphatic rings. The van der Waals surface area contributed by atoms with E-state index in [9.17, 15) is 8.42 Å². The fourth-order valence-corrected chi connectivity index (χ4v) is 3.56. The quantitative estimate of drug-likeness (QED) is 0.851. The van der Waals surface area contributed by atoms with Crippen molar-refractivity contribution in [3.05, 3.63) is 29.3 Å². The average Bonchev–Trinajstić information content (AvgIpc) is 2.73. The molecular formula is C14H21NO4S. The summed E-state index contributed by atoms with van der Waals surface area (Å²) in [6.07, 6.45) is 1.21. The smallest absolute Gasteiger partial charge is 0.232 e. The summed E-state index contributed by atoms with van der Waals surface area (Å²) in [5, 5.41) is 0. The topological polar surface area (TPSA) is 55.8 Å². The molecule has 0 aliphatic carbocycles. The number of hydrogen-bond acceptors (Lipinski definition) is 4. The van der Waals surface area contributed by atoms with Crippen molar-refractivity contribution in [1.29, 1.82) is 0 Å². The van der Waals surface area contributed by atoms with Gasteiger partial charge in [-0.2, -0.15) is 0 Å². The third kappa shape index (κ3) is 3.13. The molecule has 0 unspecified atom stereocenters. The number of aryl methyl sites for hydroxylation is 2. The van der Waals surface area contributed by atoms with Gasteiger partial charge in [-0.25, -0.2) is 8.42 Å². The van der Waals surface area contributed by atoms with Gasteiger partial charge in [-0.05, 0) is 31.9 Å². The molecule has 0 N–H and O–H groups in total. The van der Waals surface area contributed by atoms with Crippen molar-refractivity contribution in [1.82, 2.24) is 0 Å². The van der Waals surface area contributed by atoms with Crippen LogP contribution in [0.2, 0.25) is 0 Å². The second kappa shape index (κ2) is 5.35. The Balaban J connectivity index is 2.44. The van der Waals surface area contributed by atoms with Gasteiger partial charge in [0.05, 0.1) is 31.7 Å². The van der Waals surface area contributed by atoms with Crippen molar-refractivity contribution >= 4 is 15.7 Å². The minimum atomic E-state index is -3.42. The first kappa shape index (κ1) is 15.3. The summed E-state index contributed by atoms with van der Waals surface area (Å²) < 4.78 is 36.8. The first-order valence-electron chi connectivity index (χ1n) is 6.55. The van der Waals surface area contributed by atoms with Gasteiger partial charge in [0.25, 0.3) is 0 Å². The summed E-state index contributed by atoms with van der Waals surface area (Å²) in [6.45, 7) is 6.70. The lowest BCUT2D eigenvalue weighted by Crippen LogP contribution is -2.45. The molecule has 1 saturated heterocycles. The number of anilines is 1. The molecule has 0 saturated carbocycles. The predicted octanol–water partition coefficient (Wildman–Crippen LogP) is 1.83. The Morgan fingerprint density at radius 1 is 1.20 bits per heavy atom. The summed E-state index contributed by atoms with van der Waals surface area (Å²) in [6, 6.07) is 5.72. The van der Waals surface area contributed by atoms with E-state index in [1.807, 2.05) is 32.0 Å². The van der Waals surface area contributed by atoms with Gasteiger partial charge in [-0.1, -0.05) is 18.2 Å². The zero-order chi connectivity index (χ0) is 15.0. The lowest BCUT2D eigenvalue weighted by Gasteiger charge is -2.32. The standard InChI is InChI=1S/C14H21NO4S/c1-11-6-5-7-12(2)13(11)15(20(4,16)17)10-14(3)18-8-9-19-14/h5-7H,8-10H2,1-4H3. The van der Waals surface area contributed by atoms with Crippen LogP contribution in [0.25, 0.3) is 0 Å². The fourth-order valence-electron chi connectivity index (χ4n) is 2.47. The minimum absolute atomic E-state index is 0.150. The summed E-state index contributed by atoms with van der Waals surface area (Å²) in [5.74, 6) is -0.891. The van der Waals surface area contributed by atoms with Crippen LogP contribution in [0.1, 0.15) is 18.1 Å². The van der Waals surface area contributed by atoms with Crippen molar-refractivity contribution in [2.75, 3.05) is 30.3 Å². The van der Waals surface area contributed by atoms with Crippen LogP contribution < -0.4 is 4.31 Å². The number of para-hydroxylation sites is 1. The van der Waals surface area contributed by atoms with Crippen LogP contribution in [0.5, 0.6) is 0 Å². The van der Waals surface area contributed by atoms with E-state index in [2.05, 4.69) is 0 Å². The molecule has 6 heteroatoms. The summed E-state index contributed by atoms with van der Waals surface area (Å²) in [7, 11) is -3.42. The van der Waals surface area contributed by atoms with E-state index in [1.54, 1.807) is 6.92 Å². The van der Waals surface area contributed by atoms with Gasteiger partial charge in [-0.15, -0.1) is 0 Å². The van der Waals surface area contributed by atoms with E-state index in [0.29, 0.717) is 18.9 Å². The van der Waals surface area contributed by atoms with E-state index in [4.69, 9.17) is 9.47 Å². The normalized spacial score (nSPS) is 18.2. The molecule has 20 heavy (non-hydrogen) atoms. The van der Waals surface area contributed by atoms with Gasteiger partial charge in [0, 0.05) is 0 Å². The lowest BCUT2D eigenvalue weighted by atomic mass is 10.1. The molecule has 1 aromatic rings. The van der Waals surface area contributed by atoms with E-state index >= 15 is 0 Å². The summed E-state index contributed by atoms with van der Waals surface area (Å²) in [4.78, 5) is 0. The molecule has 1 aliphatic heterocycles. The molecule has 2 rings (SSSR count). The van der Waals surface area contributed by atoms with Crippen molar-refractivity contribution in [2.45, 2.75) is 26.6 Å². The number of sulfonamides is 1. The third-order valence-corrected chi connectivity index (χ3v) is 4.53. The highest BCUT2D eigenvalue weighted by Crippen LogP contribution is 2.30. The van der Waals surface area contributed by atoms with Gasteiger partial charge >= 0.3 is 0 Å². The monoisotopic (exact) mass is 299 g/mol. The largest absolute Gasteiger partial charge is 0.346 e. The second-order valence-corrected chi connectivity index (χ2v) is 7.25. The number of nitrogens with zero attached hydrogens (tertiary/aromatic N) is 1. The molecule has 5 nitrogen and oxygen atoms in total. The molecule has 1 fully saturated rings. The maximum Gasteiger partial charge on any atom is 0.232 e. The van der Waals surface area contributed by atoms with Crippen LogP contribution in [0, 0.1) is 13.8 Å². The van der Waals surface area contributed by atoms with Crippen molar-refractivity contribution in [2.24, 2.45) is 0 Å². The molecule has 1 aromatic carbocycles. The van der Waals surface area contributed by atoms with Gasteiger partial charge < -0.3 is 9.47 Å². The Labute approximate surface area is 120 Å². The Morgan fingerprint density at radius 3 is 2.15 bits per heavy atom. The molecule has 0 amide bonds. The highest BCUT2D eigenvalue weighted by atomic mass is 32.2. The van der Waals surface area contributed by atoms with E-state index in [1.165, 1.54) is 10.6 Å². The Morgan fingerprint density at radius 2 is 1.70 bits per heavy atom. The number of rotatable bonds is 4. The Kier molecular flexibility index (Phi) is 4.09. The Bertz CT molecular complexity index is 571. The lowest BCUT2D eigenvalue weighted by molar-refractivity contribution is -0.131. The van der Waals surface area contributed by atoms with Crippen LogP contribution in [0.15, 0.2) is 18.2 Å². The van der Waals surface area contributed by atoms with Crippen LogP contribution in [-0.4, -0.2) is 40.2 Å². The van der Waals surface area contributed by atoms with Crippen molar-refractivity contribution < 1.29 is 17.9 Å². The predicted molar refractivity (Wildman–Crippen MR) is 78.4 cm³/mol. The summed E-state index contributed by atoms with van der Waals surface area (Å²) >= 11 is 0. The molecule has 112 valence electrons. The maximum absolute atomic E-state index is 12.2. The highest BCUT2D eigenvalue weighted by molar-refractivity contribution is 7.92. The molecule has 0 atom stereocenters. The number of ether oxygens (including phenoxy) is 2. The van der Waals surface area contributed by atoms with Crippen LogP contribution in [0.3, 0.4) is 0 Å². The Hall–Kier alpha value is -1.11. The van der Waals surface area contributed by atoms with E-state index < -0.39 is 15.8 Å². The van der Waals surface area contributed by atoms with Gasteiger partial charge in [0.1, 0.15) is 0 Å². The SMILES string of the molecule is Cc1cccc(C)c1N(CC1(C)OCCO1)S(C)(=O)=O. The maximum atomic E-state index is 12.2. The molecule has 0 aromatic heterocycles. The zero-order valence-corrected chi connectivity index (χ0v) is 13.2. The van der Waals surface area contributed by atoms with Crippen LogP contribution >= 0.6 is 0 Å². The molecular weight excluding hydrogens is 278 g/mol. The van der Waals surface area contributed by atoms with E-state index in [-0.39, 0.29) is 6.54 Å². The molecule has 0 bridgehead atoms. The molecule has 1 heterocycles. The number of hydrogen-bond donors (Lipinski definition) is 0. The van der Waals surface area contributed by atoms with Gasteiger partial charge in [0.2, 0.25) is 10.0 Å². The van der Waals surface area contributed by atoms with Crippen molar-refractivity contribution in [3.63, 3.8) is 0 Å². The second-order valence-electron chi connectivity index (χ2n) is 5.34. The van der Waals surface area contributed by atoms with Crippen molar-refractivity contribution in [3.8, 4) is 0 Å². The molecule has 0 spiro atoms. The average molecular weight is 299 g/mol. The first-order chi connectivity index (χ1) is 9.23. The first-order valence-corrected chi connectivity index (χ1v) is 8.40. The zero-order valence-electron chi connectivity index (χ0n) is 12.3. The molecule has 0 radical (unpaired) electrons.